The van der Waals surface area contributed by atoms with E-state index in [9.17, 15) is 8.42 Å². The molecule has 0 atom stereocenters. The van der Waals surface area contributed by atoms with Gasteiger partial charge in [0.05, 0.1) is 5.75 Å². The lowest BCUT2D eigenvalue weighted by molar-refractivity contribution is 0.00309. The van der Waals surface area contributed by atoms with E-state index in [1.807, 2.05) is 13.8 Å². The first-order valence-electron chi connectivity index (χ1n) is 6.29. The van der Waals surface area contributed by atoms with Crippen LogP contribution < -0.4 is 9.47 Å². The highest BCUT2D eigenvalue weighted by Gasteiger charge is 2.23. The van der Waals surface area contributed by atoms with Crippen molar-refractivity contribution >= 4 is 21.5 Å². The van der Waals surface area contributed by atoms with Gasteiger partial charge in [-0.15, -0.1) is 11.3 Å². The van der Waals surface area contributed by atoms with Crippen LogP contribution in [0.25, 0.3) is 0 Å². The molecule has 0 aromatic carbocycles. The maximum absolute atomic E-state index is 10.6. The molecule has 1 aromatic heterocycles. The summed E-state index contributed by atoms with van der Waals surface area (Å²) in [6.07, 6.45) is 0.00171. The second-order valence-electron chi connectivity index (χ2n) is 4.63. The van der Waals surface area contributed by atoms with Gasteiger partial charge in [-0.1, -0.05) is 0 Å². The van der Waals surface area contributed by atoms with Crippen LogP contribution in [0.4, 0.5) is 0 Å². The summed E-state index contributed by atoms with van der Waals surface area (Å²) in [5.74, 6) is 1.25. The molecule has 1 N–H and O–H groups in total. The zero-order chi connectivity index (χ0) is 14.8. The summed E-state index contributed by atoms with van der Waals surface area (Å²) in [5.41, 5.74) is 0. The maximum atomic E-state index is 10.6. The molecule has 0 saturated heterocycles. The van der Waals surface area contributed by atoms with Crippen molar-refractivity contribution in [3.8, 4) is 11.5 Å². The summed E-state index contributed by atoms with van der Waals surface area (Å²) in [7, 11) is -3.92. The molecule has 2 heterocycles. The maximum Gasteiger partial charge on any atom is 0.264 e. The van der Waals surface area contributed by atoms with Crippen molar-refractivity contribution in [3.63, 3.8) is 0 Å². The van der Waals surface area contributed by atoms with Gasteiger partial charge in [-0.3, -0.25) is 4.55 Å². The predicted octanol–water partition coefficient (Wildman–Crippen LogP) is 1.80. The lowest BCUT2D eigenvalue weighted by Gasteiger charge is -2.14. The van der Waals surface area contributed by atoms with Crippen molar-refractivity contribution in [1.29, 1.82) is 0 Å². The second kappa shape index (κ2) is 6.30. The number of rotatable bonds is 5. The number of thiophene rings is 1. The summed E-state index contributed by atoms with van der Waals surface area (Å²) >= 11 is 1.63. The first kappa shape index (κ1) is 15.6. The van der Waals surface area contributed by atoms with Crippen molar-refractivity contribution < 1.29 is 27.2 Å². The Labute approximate surface area is 122 Å². The number of ether oxygens (including phenoxy) is 3. The minimum Gasteiger partial charge on any atom is -0.486 e. The minimum atomic E-state index is -3.92. The van der Waals surface area contributed by atoms with Crippen molar-refractivity contribution in [2.75, 3.05) is 25.6 Å². The Bertz CT molecular complexity index is 534. The van der Waals surface area contributed by atoms with Gasteiger partial charge in [-0.25, -0.2) is 0 Å². The molecule has 0 bridgehead atoms. The fraction of sp³-hybridized carbons (Fsp3) is 0.667. The molecule has 8 heteroatoms. The van der Waals surface area contributed by atoms with Crippen LogP contribution in [0, 0.1) is 13.8 Å². The highest BCUT2D eigenvalue weighted by Crippen LogP contribution is 2.42. The molecule has 0 unspecified atom stereocenters. The Balaban J connectivity index is 1.82. The Morgan fingerprint density at radius 1 is 1.25 bits per heavy atom. The lowest BCUT2D eigenvalue weighted by Crippen LogP contribution is -2.27. The van der Waals surface area contributed by atoms with Crippen LogP contribution in [0.1, 0.15) is 16.2 Å². The van der Waals surface area contributed by atoms with Crippen LogP contribution in [-0.4, -0.2) is 44.6 Å². The average Bonchev–Trinajstić information content (AvgIpc) is 2.52. The molecule has 0 amide bonds. The molecular weight excluding hydrogens is 304 g/mol. The van der Waals surface area contributed by atoms with Crippen molar-refractivity contribution in [2.24, 2.45) is 0 Å². The minimum absolute atomic E-state index is 0.238. The fourth-order valence-corrected chi connectivity index (χ4v) is 3.40. The van der Waals surface area contributed by atoms with E-state index in [2.05, 4.69) is 0 Å². The highest BCUT2D eigenvalue weighted by atomic mass is 32.2. The Kier molecular flexibility index (Phi) is 4.90. The van der Waals surface area contributed by atoms with Gasteiger partial charge in [0, 0.05) is 16.4 Å². The zero-order valence-corrected chi connectivity index (χ0v) is 13.1. The molecule has 20 heavy (non-hydrogen) atoms. The smallest absolute Gasteiger partial charge is 0.264 e. The molecule has 1 aliphatic rings. The predicted molar refractivity (Wildman–Crippen MR) is 75.6 cm³/mol. The SMILES string of the molecule is Cc1sc(C)c2c1OCC(OCCCS(=O)(=O)O)CO2. The standard InChI is InChI=1S/C12H18O6S2/c1-8-11-12(9(2)19-8)18-7-10(6-17-11)16-4-3-5-20(13,14)15/h10H,3-7H2,1-2H3,(H,13,14,15). The Hall–Kier alpha value is -0.830. The summed E-state index contributed by atoms with van der Waals surface area (Å²) in [6, 6.07) is 0. The van der Waals surface area contributed by atoms with Gasteiger partial charge >= 0.3 is 0 Å². The van der Waals surface area contributed by atoms with Gasteiger partial charge in [-0.2, -0.15) is 8.42 Å². The first-order chi connectivity index (χ1) is 9.37. The van der Waals surface area contributed by atoms with Gasteiger partial charge in [-0.05, 0) is 20.3 Å². The van der Waals surface area contributed by atoms with Crippen LogP contribution in [0.5, 0.6) is 11.5 Å². The van der Waals surface area contributed by atoms with Gasteiger partial charge in [0.25, 0.3) is 10.1 Å². The quantitative estimate of drug-likeness (QED) is 0.657. The topological polar surface area (TPSA) is 82.1 Å². The van der Waals surface area contributed by atoms with Crippen LogP contribution in [-0.2, 0) is 14.9 Å². The van der Waals surface area contributed by atoms with Gasteiger partial charge in [0.1, 0.15) is 19.3 Å². The molecule has 0 spiro atoms. The lowest BCUT2D eigenvalue weighted by atomic mass is 10.4. The van der Waals surface area contributed by atoms with E-state index in [4.69, 9.17) is 18.8 Å². The number of hydrogen-bond donors (Lipinski definition) is 1. The molecule has 1 aliphatic heterocycles. The Morgan fingerprint density at radius 3 is 2.30 bits per heavy atom. The number of aryl methyl sites for hydroxylation is 2. The van der Waals surface area contributed by atoms with Gasteiger partial charge in [0.2, 0.25) is 0 Å². The van der Waals surface area contributed by atoms with E-state index >= 15 is 0 Å². The van der Waals surface area contributed by atoms with E-state index in [-0.39, 0.29) is 24.9 Å². The third-order valence-corrected chi connectivity index (χ3v) is 4.67. The molecule has 114 valence electrons. The molecule has 0 aliphatic carbocycles. The summed E-state index contributed by atoms with van der Waals surface area (Å²) in [5, 5.41) is 0. The van der Waals surface area contributed by atoms with Crippen molar-refractivity contribution in [2.45, 2.75) is 26.4 Å². The van der Waals surface area contributed by atoms with E-state index in [1.54, 1.807) is 11.3 Å². The third kappa shape index (κ3) is 4.08. The normalized spacial score (nSPS) is 16.1. The first-order valence-corrected chi connectivity index (χ1v) is 8.71. The van der Waals surface area contributed by atoms with E-state index in [0.29, 0.717) is 13.2 Å². The third-order valence-electron chi connectivity index (χ3n) is 2.88. The van der Waals surface area contributed by atoms with Gasteiger partial charge < -0.3 is 14.2 Å². The summed E-state index contributed by atoms with van der Waals surface area (Å²) < 4.78 is 46.7. The van der Waals surface area contributed by atoms with Crippen LogP contribution in [0.15, 0.2) is 0 Å². The summed E-state index contributed by atoms with van der Waals surface area (Å²) in [4.78, 5) is 2.15. The van der Waals surface area contributed by atoms with Gasteiger partial charge in [0.15, 0.2) is 11.5 Å². The molecular formula is C12H18O6S2. The van der Waals surface area contributed by atoms with Crippen molar-refractivity contribution in [3.05, 3.63) is 9.75 Å². The molecule has 1 aromatic rings. The highest BCUT2D eigenvalue weighted by molar-refractivity contribution is 7.85. The molecule has 0 radical (unpaired) electrons. The van der Waals surface area contributed by atoms with E-state index < -0.39 is 10.1 Å². The largest absolute Gasteiger partial charge is 0.486 e. The number of fused-ring (bicyclic) bond motifs is 1. The van der Waals surface area contributed by atoms with Crippen LogP contribution in [0.2, 0.25) is 0 Å². The van der Waals surface area contributed by atoms with Crippen LogP contribution >= 0.6 is 11.3 Å². The van der Waals surface area contributed by atoms with Crippen molar-refractivity contribution in [1.82, 2.24) is 0 Å². The average molecular weight is 322 g/mol. The summed E-state index contributed by atoms with van der Waals surface area (Å²) in [6.45, 7) is 4.94. The molecule has 0 fully saturated rings. The Morgan fingerprint density at radius 2 is 1.80 bits per heavy atom. The molecule has 2 rings (SSSR count). The number of hydrogen-bond acceptors (Lipinski definition) is 6. The van der Waals surface area contributed by atoms with E-state index in [1.165, 1.54) is 0 Å². The second-order valence-corrected chi connectivity index (χ2v) is 7.63. The molecule has 0 saturated carbocycles. The zero-order valence-electron chi connectivity index (χ0n) is 11.4. The van der Waals surface area contributed by atoms with E-state index in [0.717, 1.165) is 21.3 Å². The van der Waals surface area contributed by atoms with Crippen LogP contribution in [0.3, 0.4) is 0 Å². The fourth-order valence-electron chi connectivity index (χ4n) is 1.96. The monoisotopic (exact) mass is 322 g/mol. The molecule has 6 nitrogen and oxygen atoms in total.